The van der Waals surface area contributed by atoms with Crippen molar-refractivity contribution in [2.24, 2.45) is 5.92 Å². The van der Waals surface area contributed by atoms with E-state index in [9.17, 15) is 0 Å². The normalized spacial score (nSPS) is 23.1. The summed E-state index contributed by atoms with van der Waals surface area (Å²) in [5.74, 6) is 0.0902. The summed E-state index contributed by atoms with van der Waals surface area (Å²) in [4.78, 5) is 0. The van der Waals surface area contributed by atoms with Gasteiger partial charge in [0.2, 0.25) is 0 Å². The number of hydrogen-bond acceptors (Lipinski definition) is 2. The molecule has 4 aromatic carbocycles. The van der Waals surface area contributed by atoms with Gasteiger partial charge < -0.3 is 9.31 Å². The second kappa shape index (κ2) is 9.16. The van der Waals surface area contributed by atoms with E-state index in [1.807, 2.05) is 18.2 Å². The van der Waals surface area contributed by atoms with E-state index in [-0.39, 0.29) is 12.0 Å². The highest BCUT2D eigenvalue weighted by Gasteiger charge is 2.51. The zero-order chi connectivity index (χ0) is 21.8. The van der Waals surface area contributed by atoms with Crippen LogP contribution in [-0.4, -0.2) is 7.12 Å². The SMILES string of the molecule is C[C@@H]1[C@H](c2ccccc2)OB(c2ccccc2)O[C@]1(Cc1ccccc1)c1ccccc1. The second-order valence-corrected chi connectivity index (χ2v) is 8.53. The van der Waals surface area contributed by atoms with Crippen molar-refractivity contribution in [1.82, 2.24) is 0 Å². The van der Waals surface area contributed by atoms with Gasteiger partial charge in [0, 0.05) is 12.3 Å². The van der Waals surface area contributed by atoms with Gasteiger partial charge in [0.25, 0.3) is 0 Å². The van der Waals surface area contributed by atoms with E-state index in [0.29, 0.717) is 0 Å². The summed E-state index contributed by atoms with van der Waals surface area (Å²) < 4.78 is 13.7. The van der Waals surface area contributed by atoms with Crippen molar-refractivity contribution >= 4 is 12.6 Å². The van der Waals surface area contributed by atoms with Crippen LogP contribution in [0.3, 0.4) is 0 Å². The first-order valence-electron chi connectivity index (χ1n) is 11.3. The summed E-state index contributed by atoms with van der Waals surface area (Å²) in [6.45, 7) is 2.26. The van der Waals surface area contributed by atoms with Crippen LogP contribution in [0.1, 0.15) is 29.7 Å². The van der Waals surface area contributed by atoms with E-state index in [1.54, 1.807) is 0 Å². The van der Waals surface area contributed by atoms with Gasteiger partial charge in [-0.3, -0.25) is 0 Å². The van der Waals surface area contributed by atoms with Crippen LogP contribution in [0.4, 0.5) is 0 Å². The second-order valence-electron chi connectivity index (χ2n) is 8.53. The molecule has 4 aromatic rings. The van der Waals surface area contributed by atoms with E-state index in [4.69, 9.17) is 9.31 Å². The minimum absolute atomic E-state index is 0.0902. The highest BCUT2D eigenvalue weighted by atomic mass is 16.6. The first-order valence-corrected chi connectivity index (χ1v) is 11.3. The van der Waals surface area contributed by atoms with Gasteiger partial charge in [-0.05, 0) is 22.2 Å². The topological polar surface area (TPSA) is 18.5 Å². The lowest BCUT2D eigenvalue weighted by Crippen LogP contribution is -2.56. The molecule has 5 rings (SSSR count). The van der Waals surface area contributed by atoms with Crippen LogP contribution in [0, 0.1) is 5.92 Å². The Kier molecular flexibility index (Phi) is 5.94. The van der Waals surface area contributed by atoms with Gasteiger partial charge in [0.05, 0.1) is 11.7 Å². The molecule has 1 aliphatic heterocycles. The Morgan fingerprint density at radius 1 is 0.688 bits per heavy atom. The zero-order valence-electron chi connectivity index (χ0n) is 18.3. The molecule has 158 valence electrons. The van der Waals surface area contributed by atoms with E-state index in [0.717, 1.165) is 11.9 Å². The maximum Gasteiger partial charge on any atom is 0.495 e. The van der Waals surface area contributed by atoms with E-state index < -0.39 is 12.7 Å². The Bertz CT molecular complexity index is 1120. The quantitative estimate of drug-likeness (QED) is 0.373. The third-order valence-corrected chi connectivity index (χ3v) is 6.55. The molecule has 0 aliphatic carbocycles. The predicted octanol–water partition coefficient (Wildman–Crippen LogP) is 5.94. The molecule has 0 bridgehead atoms. The molecule has 2 nitrogen and oxygen atoms in total. The third-order valence-electron chi connectivity index (χ3n) is 6.55. The zero-order valence-corrected chi connectivity index (χ0v) is 18.3. The van der Waals surface area contributed by atoms with Crippen LogP contribution in [0.2, 0.25) is 0 Å². The van der Waals surface area contributed by atoms with Crippen LogP contribution in [-0.2, 0) is 21.3 Å². The predicted molar refractivity (Wildman–Crippen MR) is 131 cm³/mol. The van der Waals surface area contributed by atoms with Crippen LogP contribution in [0.15, 0.2) is 121 Å². The molecule has 1 fully saturated rings. The van der Waals surface area contributed by atoms with Crippen molar-refractivity contribution in [3.05, 3.63) is 138 Å². The van der Waals surface area contributed by atoms with Gasteiger partial charge in [-0.2, -0.15) is 0 Å². The first kappa shape index (κ1) is 20.8. The molecule has 3 heteroatoms. The fourth-order valence-corrected chi connectivity index (χ4v) is 4.84. The standard InChI is InChI=1S/C29H27BO2/c1-23-28(25-16-8-3-9-17-25)31-30(27-20-12-5-13-21-27)32-29(23,26-18-10-4-11-19-26)22-24-14-6-2-7-15-24/h2-21,23,28H,22H2,1H3/t23-,28-,29+/m1/s1. The van der Waals surface area contributed by atoms with Crippen LogP contribution >= 0.6 is 0 Å². The minimum Gasteiger partial charge on any atom is -0.400 e. The molecule has 0 amide bonds. The average Bonchev–Trinajstić information content (AvgIpc) is 2.87. The molecular formula is C29H27BO2. The van der Waals surface area contributed by atoms with Gasteiger partial charge >= 0.3 is 7.12 Å². The fraction of sp³-hybridized carbons (Fsp3) is 0.172. The molecule has 0 unspecified atom stereocenters. The van der Waals surface area contributed by atoms with E-state index in [1.165, 1.54) is 16.7 Å². The van der Waals surface area contributed by atoms with Crippen molar-refractivity contribution in [3.8, 4) is 0 Å². The Morgan fingerprint density at radius 3 is 1.84 bits per heavy atom. The summed E-state index contributed by atoms with van der Waals surface area (Å²) >= 11 is 0. The smallest absolute Gasteiger partial charge is 0.400 e. The molecule has 1 aliphatic rings. The minimum atomic E-state index is -0.540. The molecule has 0 saturated carbocycles. The highest BCUT2D eigenvalue weighted by molar-refractivity contribution is 6.61. The Labute approximate surface area is 191 Å². The van der Waals surface area contributed by atoms with Crippen molar-refractivity contribution in [1.29, 1.82) is 0 Å². The molecule has 32 heavy (non-hydrogen) atoms. The third kappa shape index (κ3) is 4.02. The lowest BCUT2D eigenvalue weighted by atomic mass is 9.66. The lowest BCUT2D eigenvalue weighted by molar-refractivity contribution is -0.108. The van der Waals surface area contributed by atoms with Crippen molar-refractivity contribution in [3.63, 3.8) is 0 Å². The molecule has 0 radical (unpaired) electrons. The molecule has 0 aromatic heterocycles. The van der Waals surface area contributed by atoms with Crippen LogP contribution in [0.5, 0.6) is 0 Å². The first-order chi connectivity index (χ1) is 15.8. The van der Waals surface area contributed by atoms with Gasteiger partial charge in [-0.25, -0.2) is 0 Å². The molecule has 3 atom stereocenters. The van der Waals surface area contributed by atoms with E-state index in [2.05, 4.69) is 110 Å². The lowest BCUT2D eigenvalue weighted by Gasteiger charge is -2.50. The number of hydrogen-bond donors (Lipinski definition) is 0. The monoisotopic (exact) mass is 418 g/mol. The maximum absolute atomic E-state index is 6.99. The Hall–Kier alpha value is -3.14. The summed E-state index contributed by atoms with van der Waals surface area (Å²) in [7, 11) is -0.457. The Balaban J connectivity index is 1.66. The molecule has 0 N–H and O–H groups in total. The highest BCUT2D eigenvalue weighted by Crippen LogP contribution is 2.48. The summed E-state index contributed by atoms with van der Waals surface area (Å²) in [5, 5.41) is 0. The van der Waals surface area contributed by atoms with Gasteiger partial charge in [0.1, 0.15) is 0 Å². The fourth-order valence-electron chi connectivity index (χ4n) is 4.84. The van der Waals surface area contributed by atoms with Crippen molar-refractivity contribution in [2.75, 3.05) is 0 Å². The maximum atomic E-state index is 6.99. The largest absolute Gasteiger partial charge is 0.495 e. The molecule has 1 saturated heterocycles. The summed E-state index contributed by atoms with van der Waals surface area (Å²) in [6.07, 6.45) is 0.675. The molecular weight excluding hydrogens is 391 g/mol. The molecule has 1 heterocycles. The van der Waals surface area contributed by atoms with Crippen LogP contribution < -0.4 is 5.46 Å². The van der Waals surface area contributed by atoms with Gasteiger partial charge in [0.15, 0.2) is 0 Å². The summed E-state index contributed by atoms with van der Waals surface area (Å²) in [6, 6.07) is 42.1. The number of rotatable bonds is 5. The van der Waals surface area contributed by atoms with E-state index >= 15 is 0 Å². The van der Waals surface area contributed by atoms with Crippen LogP contribution in [0.25, 0.3) is 0 Å². The Morgan fingerprint density at radius 2 is 1.22 bits per heavy atom. The van der Waals surface area contributed by atoms with Gasteiger partial charge in [-0.1, -0.05) is 128 Å². The average molecular weight is 418 g/mol. The van der Waals surface area contributed by atoms with Crippen molar-refractivity contribution < 1.29 is 9.31 Å². The summed E-state index contributed by atoms with van der Waals surface area (Å²) in [5.41, 5.74) is 4.11. The van der Waals surface area contributed by atoms with Crippen molar-refractivity contribution in [2.45, 2.75) is 25.0 Å². The number of benzene rings is 4. The molecule has 0 spiro atoms. The van der Waals surface area contributed by atoms with Gasteiger partial charge in [-0.15, -0.1) is 0 Å².